The Morgan fingerprint density at radius 2 is 0.268 bits per heavy atom. The summed E-state index contributed by atoms with van der Waals surface area (Å²) in [6.45, 7) is 0. The molecule has 520 valence electrons. The summed E-state index contributed by atoms with van der Waals surface area (Å²) >= 11 is 0. The Kier molecular flexibility index (Phi) is 43.4. The number of benzene rings is 8. The van der Waals surface area contributed by atoms with E-state index in [1.54, 1.807) is 153 Å². The maximum atomic E-state index is 11.1. The van der Waals surface area contributed by atoms with E-state index in [-0.39, 0.29) is 54.7 Å². The fourth-order valence-electron chi connectivity index (χ4n) is 7.68. The van der Waals surface area contributed by atoms with Gasteiger partial charge in [-0.25, -0.2) is 0 Å². The number of anilines is 8. The lowest BCUT2D eigenvalue weighted by atomic mass is 10.2. The molecule has 0 heterocycles. The van der Waals surface area contributed by atoms with Gasteiger partial charge < -0.3 is 85.1 Å². The number of carbonyl (C=O) groups excluding carboxylic acids is 8. The maximum absolute atomic E-state index is 11.1. The molecule has 97 heavy (non-hydrogen) atoms. The molecule has 24 heteroatoms. The molecular weight excluding hydrogens is 1230 g/mol. The van der Waals surface area contributed by atoms with Crippen LogP contribution in [-0.4, -0.2) is 160 Å². The first-order valence-corrected chi connectivity index (χ1v) is 30.2. The second kappa shape index (κ2) is 49.5. The molecule has 0 spiro atoms. The van der Waals surface area contributed by atoms with Crippen LogP contribution in [0.25, 0.3) is 0 Å². The van der Waals surface area contributed by atoms with Crippen molar-refractivity contribution in [3.63, 3.8) is 0 Å². The Balaban J connectivity index is 0.00000108. The molecule has 0 aromatic heterocycles. The number of amides is 8. The van der Waals surface area contributed by atoms with E-state index in [9.17, 15) is 38.4 Å². The summed E-state index contributed by atoms with van der Waals surface area (Å²) < 4.78 is 0. The molecule has 0 aliphatic heterocycles. The van der Waals surface area contributed by atoms with Crippen LogP contribution in [-0.2, 0) is 0 Å². The van der Waals surface area contributed by atoms with Gasteiger partial charge >= 0.3 is 0 Å². The molecule has 0 aliphatic rings. The van der Waals surface area contributed by atoms with E-state index in [2.05, 4.69) is 85.1 Å². The van der Waals surface area contributed by atoms with Crippen molar-refractivity contribution >= 4 is 92.8 Å². The first-order chi connectivity index (χ1) is 46.2. The van der Waals surface area contributed by atoms with Crippen LogP contribution in [0.3, 0.4) is 0 Å². The van der Waals surface area contributed by atoms with E-state index in [1.807, 2.05) is 153 Å². The van der Waals surface area contributed by atoms with Crippen molar-refractivity contribution in [3.8, 4) is 0 Å². The molecule has 0 radical (unpaired) electrons. The number of carbonyl (C=O) groups is 8. The highest BCUT2D eigenvalue weighted by atomic mass is 16.2. The minimum Gasteiger partial charge on any atom is -0.388 e. The molecule has 16 N–H and O–H groups in total. The monoisotopic (exact) mass is 1330 g/mol. The summed E-state index contributed by atoms with van der Waals surface area (Å²) in [5, 5.41) is 44.3. The third-order valence-electron chi connectivity index (χ3n) is 13.1. The highest BCUT2D eigenvalue weighted by Gasteiger charge is 2.08. The Labute approximate surface area is 572 Å². The normalized spacial score (nSPS) is 9.07. The molecular formula is C73H100N16O8. The second-order valence-corrected chi connectivity index (χ2v) is 19.3. The molecule has 0 saturated heterocycles. The predicted octanol–water partition coefficient (Wildman–Crippen LogP) is 9.34. The predicted molar refractivity (Wildman–Crippen MR) is 402 cm³/mol. The number of hydrogen-bond donors (Lipinski definition) is 16. The number of hydrogen-bond acceptors (Lipinski definition) is 16. The fraction of sp³-hybridized carbons (Fsp3) is 0.233. The zero-order valence-electron chi connectivity index (χ0n) is 57.7. The Morgan fingerprint density at radius 1 is 0.175 bits per heavy atom. The van der Waals surface area contributed by atoms with Gasteiger partial charge in [0.1, 0.15) is 0 Å². The molecule has 0 bridgehead atoms. The minimum atomic E-state index is -0.0629. The summed E-state index contributed by atoms with van der Waals surface area (Å²) in [6.07, 6.45) is 0. The van der Waals surface area contributed by atoms with Gasteiger partial charge in [0, 0.05) is 203 Å². The average Bonchev–Trinajstić information content (AvgIpc) is 3.82. The van der Waals surface area contributed by atoms with Crippen LogP contribution in [0.15, 0.2) is 194 Å². The molecule has 8 amide bonds. The Hall–Kier alpha value is -12.1. The Morgan fingerprint density at radius 3 is 0.340 bits per heavy atom. The molecule has 0 saturated carbocycles. The van der Waals surface area contributed by atoms with Crippen LogP contribution >= 0.6 is 0 Å². The first-order valence-electron chi connectivity index (χ1n) is 30.2. The van der Waals surface area contributed by atoms with Crippen molar-refractivity contribution in [1.29, 1.82) is 0 Å². The fourth-order valence-corrected chi connectivity index (χ4v) is 7.68. The van der Waals surface area contributed by atoms with E-state index in [4.69, 9.17) is 0 Å². The van der Waals surface area contributed by atoms with Crippen molar-refractivity contribution in [2.75, 3.05) is 155 Å². The van der Waals surface area contributed by atoms with Gasteiger partial charge in [-0.05, 0) is 146 Å². The van der Waals surface area contributed by atoms with Crippen molar-refractivity contribution in [2.45, 2.75) is 7.43 Å². The van der Waals surface area contributed by atoms with E-state index >= 15 is 0 Å². The van der Waals surface area contributed by atoms with Gasteiger partial charge in [-0.2, -0.15) is 0 Å². The van der Waals surface area contributed by atoms with Gasteiger partial charge in [-0.1, -0.05) is 56.0 Å². The standard InChI is InChI=1S/8C9H12N2O.CH4/c8*1-10-8-5-3-4-7(6-8)9(12)11-2;/h8*3-6,10H,1-2H3,(H,11,12);1H4. The molecule has 0 unspecified atom stereocenters. The zero-order valence-corrected chi connectivity index (χ0v) is 57.7. The van der Waals surface area contributed by atoms with Crippen molar-refractivity contribution in [3.05, 3.63) is 239 Å². The molecule has 0 aliphatic carbocycles. The summed E-state index contributed by atoms with van der Waals surface area (Å²) in [5.74, 6) is -0.503. The average molecular weight is 1330 g/mol. The van der Waals surface area contributed by atoms with Crippen LogP contribution in [0.1, 0.15) is 90.3 Å². The topological polar surface area (TPSA) is 329 Å². The van der Waals surface area contributed by atoms with E-state index in [1.165, 1.54) is 0 Å². The smallest absolute Gasteiger partial charge is 0.251 e. The van der Waals surface area contributed by atoms with Gasteiger partial charge in [0.2, 0.25) is 0 Å². The summed E-state index contributed by atoms with van der Waals surface area (Å²) in [5.41, 5.74) is 12.9. The van der Waals surface area contributed by atoms with Crippen LogP contribution in [0, 0.1) is 0 Å². The number of nitrogens with one attached hydrogen (secondary N) is 16. The molecule has 0 fully saturated rings. The van der Waals surface area contributed by atoms with Gasteiger partial charge in [-0.3, -0.25) is 38.4 Å². The van der Waals surface area contributed by atoms with Crippen LogP contribution in [0.2, 0.25) is 0 Å². The lowest BCUT2D eigenvalue weighted by Crippen LogP contribution is -2.17. The summed E-state index contributed by atoms with van der Waals surface area (Å²) in [4.78, 5) is 89.1. The van der Waals surface area contributed by atoms with Gasteiger partial charge in [0.15, 0.2) is 0 Å². The van der Waals surface area contributed by atoms with Crippen molar-refractivity contribution < 1.29 is 38.4 Å². The lowest BCUT2D eigenvalue weighted by Gasteiger charge is -2.02. The molecule has 8 rings (SSSR count). The third kappa shape index (κ3) is 32.4. The van der Waals surface area contributed by atoms with Gasteiger partial charge in [0.05, 0.1) is 0 Å². The highest BCUT2D eigenvalue weighted by Crippen LogP contribution is 2.15. The Bertz CT molecular complexity index is 2980. The van der Waals surface area contributed by atoms with Crippen LogP contribution in [0.5, 0.6) is 0 Å². The van der Waals surface area contributed by atoms with Crippen molar-refractivity contribution in [2.24, 2.45) is 0 Å². The maximum Gasteiger partial charge on any atom is 0.251 e. The van der Waals surface area contributed by atoms with Crippen molar-refractivity contribution in [1.82, 2.24) is 42.5 Å². The third-order valence-corrected chi connectivity index (χ3v) is 13.1. The summed E-state index contributed by atoms with van der Waals surface area (Å²) in [6, 6.07) is 58.7. The van der Waals surface area contributed by atoms with E-state index in [0.717, 1.165) is 45.5 Å². The number of rotatable bonds is 16. The van der Waals surface area contributed by atoms with Crippen LogP contribution in [0.4, 0.5) is 45.5 Å². The zero-order chi connectivity index (χ0) is 71.8. The first kappa shape index (κ1) is 84.9. The second-order valence-electron chi connectivity index (χ2n) is 19.3. The van der Waals surface area contributed by atoms with E-state index in [0.29, 0.717) is 44.5 Å². The van der Waals surface area contributed by atoms with Gasteiger partial charge in [-0.15, -0.1) is 0 Å². The SMILES string of the molecule is C.CNC(=O)c1cccc(NC)c1.CNC(=O)c1cccc(NC)c1.CNC(=O)c1cccc(NC)c1.CNC(=O)c1cccc(NC)c1.CNC(=O)c1cccc(NC)c1.CNC(=O)c1cccc(NC)c1.CNC(=O)c1cccc(NC)c1.CNC(=O)c1cccc(NC)c1. The van der Waals surface area contributed by atoms with E-state index < -0.39 is 0 Å². The van der Waals surface area contributed by atoms with Crippen LogP contribution < -0.4 is 85.1 Å². The largest absolute Gasteiger partial charge is 0.388 e. The molecule has 0 atom stereocenters. The van der Waals surface area contributed by atoms with Gasteiger partial charge in [0.25, 0.3) is 47.3 Å². The lowest BCUT2D eigenvalue weighted by molar-refractivity contribution is 0.0955. The highest BCUT2D eigenvalue weighted by molar-refractivity contribution is 5.98. The summed E-state index contributed by atoms with van der Waals surface area (Å²) in [7, 11) is 27.5. The molecule has 8 aromatic carbocycles. The minimum absolute atomic E-state index is 0. The quantitative estimate of drug-likeness (QED) is 0.0428. The molecule has 8 aromatic rings. The molecule has 24 nitrogen and oxygen atoms in total.